The van der Waals surface area contributed by atoms with Crippen molar-refractivity contribution in [1.82, 2.24) is 9.97 Å². The van der Waals surface area contributed by atoms with Crippen LogP contribution in [0.5, 0.6) is 0 Å². The number of nitrogens with one attached hydrogen (secondary N) is 1. The first kappa shape index (κ1) is 9.64. The zero-order valence-electron chi connectivity index (χ0n) is 8.20. The summed E-state index contributed by atoms with van der Waals surface area (Å²) in [7, 11) is 0. The summed E-state index contributed by atoms with van der Waals surface area (Å²) in [6.45, 7) is 5.95. The second-order valence-corrected chi connectivity index (χ2v) is 2.86. The van der Waals surface area contributed by atoms with Crippen molar-refractivity contribution in [1.29, 1.82) is 0 Å². The quantitative estimate of drug-likeness (QED) is 0.568. The molecule has 1 aromatic heterocycles. The third-order valence-electron chi connectivity index (χ3n) is 1.68. The van der Waals surface area contributed by atoms with E-state index in [0.717, 1.165) is 23.6 Å². The molecular weight excluding hydrogens is 164 g/mol. The number of hydrogen-bond acceptors (Lipinski definition) is 4. The Hall–Kier alpha value is -1.45. The van der Waals surface area contributed by atoms with Gasteiger partial charge in [0.25, 0.3) is 0 Å². The first-order chi connectivity index (χ1) is 6.22. The van der Waals surface area contributed by atoms with Gasteiger partial charge in [-0.05, 0) is 20.3 Å². The summed E-state index contributed by atoms with van der Waals surface area (Å²) in [6, 6.07) is 1.85. The smallest absolute Gasteiger partial charge is 0.149 e. The van der Waals surface area contributed by atoms with Crippen LogP contribution >= 0.6 is 0 Å². The standard InChI is InChI=1S/C9H14N4/c1-4-7(2)12-13-9-5-8(3)10-6-11-9/h5-6H,4H2,1-3H3,(H,10,11,13)/b12-7+. The lowest BCUT2D eigenvalue weighted by Gasteiger charge is -2.00. The zero-order valence-corrected chi connectivity index (χ0v) is 8.20. The predicted molar refractivity (Wildman–Crippen MR) is 53.8 cm³/mol. The van der Waals surface area contributed by atoms with E-state index >= 15 is 0 Å². The van der Waals surface area contributed by atoms with E-state index in [-0.39, 0.29) is 0 Å². The summed E-state index contributed by atoms with van der Waals surface area (Å²) in [5.74, 6) is 0.736. The van der Waals surface area contributed by atoms with E-state index in [1.807, 2.05) is 19.9 Å². The molecule has 0 aliphatic rings. The van der Waals surface area contributed by atoms with Crippen molar-refractivity contribution < 1.29 is 0 Å². The van der Waals surface area contributed by atoms with E-state index in [1.54, 1.807) is 0 Å². The molecule has 1 rings (SSSR count). The van der Waals surface area contributed by atoms with Crippen LogP contribution in [0.2, 0.25) is 0 Å². The van der Waals surface area contributed by atoms with Gasteiger partial charge in [0.15, 0.2) is 0 Å². The summed E-state index contributed by atoms with van der Waals surface area (Å²) in [5, 5.41) is 4.13. The molecular formula is C9H14N4. The lowest BCUT2D eigenvalue weighted by molar-refractivity contribution is 1.08. The Bertz CT molecular complexity index is 306. The first-order valence-electron chi connectivity index (χ1n) is 4.30. The topological polar surface area (TPSA) is 50.2 Å². The van der Waals surface area contributed by atoms with E-state index in [9.17, 15) is 0 Å². The van der Waals surface area contributed by atoms with Crippen molar-refractivity contribution in [3.8, 4) is 0 Å². The molecule has 1 aromatic rings. The molecule has 0 aliphatic carbocycles. The normalized spacial score (nSPS) is 11.5. The molecule has 4 heteroatoms. The summed E-state index contributed by atoms with van der Waals surface area (Å²) >= 11 is 0. The number of hydrazone groups is 1. The number of rotatable bonds is 3. The Kier molecular flexibility index (Phi) is 3.37. The lowest BCUT2D eigenvalue weighted by Crippen LogP contribution is -1.98. The number of hydrogen-bond donors (Lipinski definition) is 1. The molecule has 0 aliphatic heterocycles. The van der Waals surface area contributed by atoms with Crippen LogP contribution < -0.4 is 5.43 Å². The van der Waals surface area contributed by atoms with Gasteiger partial charge in [-0.25, -0.2) is 9.97 Å². The van der Waals surface area contributed by atoms with E-state index in [0.29, 0.717) is 0 Å². The van der Waals surface area contributed by atoms with Crippen molar-refractivity contribution in [3.05, 3.63) is 18.1 Å². The molecule has 0 saturated carbocycles. The maximum atomic E-state index is 4.13. The highest BCUT2D eigenvalue weighted by Gasteiger charge is 1.92. The molecule has 0 fully saturated rings. The second kappa shape index (κ2) is 4.54. The highest BCUT2D eigenvalue weighted by molar-refractivity contribution is 5.82. The highest BCUT2D eigenvalue weighted by atomic mass is 15.3. The minimum Gasteiger partial charge on any atom is -0.261 e. The fraction of sp³-hybridized carbons (Fsp3) is 0.444. The van der Waals surface area contributed by atoms with E-state index in [4.69, 9.17) is 0 Å². The Morgan fingerprint density at radius 1 is 1.54 bits per heavy atom. The molecule has 13 heavy (non-hydrogen) atoms. The second-order valence-electron chi connectivity index (χ2n) is 2.86. The van der Waals surface area contributed by atoms with Gasteiger partial charge in [-0.1, -0.05) is 6.92 Å². The Labute approximate surface area is 78.1 Å². The van der Waals surface area contributed by atoms with Crippen LogP contribution in [0.25, 0.3) is 0 Å². The maximum absolute atomic E-state index is 4.13. The van der Waals surface area contributed by atoms with Crippen LogP contribution in [0.15, 0.2) is 17.5 Å². The number of aromatic nitrogens is 2. The van der Waals surface area contributed by atoms with Gasteiger partial charge < -0.3 is 0 Å². The molecule has 0 saturated heterocycles. The molecule has 1 N–H and O–H groups in total. The van der Waals surface area contributed by atoms with E-state index < -0.39 is 0 Å². The van der Waals surface area contributed by atoms with E-state index in [1.165, 1.54) is 6.33 Å². The Morgan fingerprint density at radius 2 is 2.31 bits per heavy atom. The van der Waals surface area contributed by atoms with Crippen molar-refractivity contribution in [2.24, 2.45) is 5.10 Å². The van der Waals surface area contributed by atoms with Gasteiger partial charge >= 0.3 is 0 Å². The van der Waals surface area contributed by atoms with Gasteiger partial charge in [0.2, 0.25) is 0 Å². The molecule has 0 bridgehead atoms. The van der Waals surface area contributed by atoms with Gasteiger partial charge in [0.05, 0.1) is 0 Å². The molecule has 1 heterocycles. The van der Waals surface area contributed by atoms with Crippen LogP contribution in [0, 0.1) is 6.92 Å². The molecule has 0 unspecified atom stereocenters. The fourth-order valence-electron chi connectivity index (χ4n) is 0.747. The van der Waals surface area contributed by atoms with Crippen molar-refractivity contribution in [3.63, 3.8) is 0 Å². The van der Waals surface area contributed by atoms with Gasteiger partial charge in [-0.2, -0.15) is 5.10 Å². The highest BCUT2D eigenvalue weighted by Crippen LogP contribution is 2.02. The number of nitrogens with zero attached hydrogens (tertiary/aromatic N) is 3. The van der Waals surface area contributed by atoms with Crippen molar-refractivity contribution in [2.45, 2.75) is 27.2 Å². The van der Waals surface area contributed by atoms with Crippen molar-refractivity contribution in [2.75, 3.05) is 5.43 Å². The van der Waals surface area contributed by atoms with Crippen LogP contribution in [-0.2, 0) is 0 Å². The van der Waals surface area contributed by atoms with Crippen molar-refractivity contribution >= 4 is 11.5 Å². The van der Waals surface area contributed by atoms with Gasteiger partial charge in [0, 0.05) is 17.5 Å². The average molecular weight is 178 g/mol. The molecule has 0 aromatic carbocycles. The van der Waals surface area contributed by atoms with Crippen LogP contribution in [0.4, 0.5) is 5.82 Å². The fourth-order valence-corrected chi connectivity index (χ4v) is 0.747. The lowest BCUT2D eigenvalue weighted by atomic mass is 10.3. The van der Waals surface area contributed by atoms with Crippen LogP contribution in [-0.4, -0.2) is 15.7 Å². The van der Waals surface area contributed by atoms with Gasteiger partial charge in [-0.3, -0.25) is 5.43 Å². The maximum Gasteiger partial charge on any atom is 0.149 e. The Morgan fingerprint density at radius 3 is 2.92 bits per heavy atom. The molecule has 0 radical (unpaired) electrons. The third-order valence-corrected chi connectivity index (χ3v) is 1.68. The number of anilines is 1. The van der Waals surface area contributed by atoms with Gasteiger partial charge in [-0.15, -0.1) is 0 Å². The monoisotopic (exact) mass is 178 g/mol. The van der Waals surface area contributed by atoms with Gasteiger partial charge in [0.1, 0.15) is 12.1 Å². The Balaban J connectivity index is 2.64. The minimum atomic E-state index is 0.736. The summed E-state index contributed by atoms with van der Waals surface area (Å²) in [6.07, 6.45) is 2.46. The van der Waals surface area contributed by atoms with Crippen LogP contribution in [0.3, 0.4) is 0 Å². The molecule has 0 amide bonds. The van der Waals surface area contributed by atoms with E-state index in [2.05, 4.69) is 27.4 Å². The molecule has 4 nitrogen and oxygen atoms in total. The SMILES string of the molecule is CC/C(C)=N/Nc1cc(C)ncn1. The predicted octanol–water partition coefficient (Wildman–Crippen LogP) is 1.98. The minimum absolute atomic E-state index is 0.736. The summed E-state index contributed by atoms with van der Waals surface area (Å²) in [4.78, 5) is 8.00. The third kappa shape index (κ3) is 3.19. The molecule has 0 spiro atoms. The average Bonchev–Trinajstić information content (AvgIpc) is 2.14. The largest absolute Gasteiger partial charge is 0.261 e. The van der Waals surface area contributed by atoms with Crippen LogP contribution in [0.1, 0.15) is 26.0 Å². The molecule has 0 atom stereocenters. The molecule has 70 valence electrons. The number of aryl methyl sites for hydroxylation is 1. The summed E-state index contributed by atoms with van der Waals surface area (Å²) in [5.41, 5.74) is 4.86. The zero-order chi connectivity index (χ0) is 9.68. The first-order valence-corrected chi connectivity index (χ1v) is 4.30. The summed E-state index contributed by atoms with van der Waals surface area (Å²) < 4.78 is 0.